The Labute approximate surface area is 166 Å². The van der Waals surface area contributed by atoms with Crippen molar-refractivity contribution in [2.24, 2.45) is 0 Å². The normalized spacial score (nSPS) is 14.1. The topological polar surface area (TPSA) is 106 Å². The Hall–Kier alpha value is -3.75. The van der Waals surface area contributed by atoms with Crippen LogP contribution in [-0.2, 0) is 0 Å². The summed E-state index contributed by atoms with van der Waals surface area (Å²) in [5.41, 5.74) is 1.38. The zero-order valence-corrected chi connectivity index (χ0v) is 15.8. The van der Waals surface area contributed by atoms with Crippen molar-refractivity contribution in [3.05, 3.63) is 70.0 Å². The summed E-state index contributed by atoms with van der Waals surface area (Å²) in [4.78, 5) is 27.3. The lowest BCUT2D eigenvalue weighted by molar-refractivity contribution is -0.385. The van der Waals surface area contributed by atoms with E-state index >= 15 is 0 Å². The maximum Gasteiger partial charge on any atom is 0.273 e. The summed E-state index contributed by atoms with van der Waals surface area (Å²) in [5.74, 6) is 1.20. The van der Waals surface area contributed by atoms with Gasteiger partial charge in [0.25, 0.3) is 11.6 Å². The Morgan fingerprint density at radius 3 is 2.48 bits per heavy atom. The fourth-order valence-corrected chi connectivity index (χ4v) is 3.41. The van der Waals surface area contributed by atoms with Gasteiger partial charge in [-0.3, -0.25) is 14.9 Å². The third-order valence-corrected chi connectivity index (χ3v) is 5.05. The van der Waals surface area contributed by atoms with Crippen molar-refractivity contribution in [2.75, 3.05) is 31.1 Å². The van der Waals surface area contributed by atoms with Gasteiger partial charge in [-0.25, -0.2) is 0 Å². The summed E-state index contributed by atoms with van der Waals surface area (Å²) < 4.78 is 5.32. The minimum Gasteiger partial charge on any atom is -0.463 e. The highest BCUT2D eigenvalue weighted by molar-refractivity contribution is 5.96. The van der Waals surface area contributed by atoms with Crippen LogP contribution >= 0.6 is 0 Å². The van der Waals surface area contributed by atoms with Gasteiger partial charge in [-0.2, -0.15) is 0 Å². The van der Waals surface area contributed by atoms with Crippen LogP contribution in [0.3, 0.4) is 0 Å². The minimum atomic E-state index is -0.463. The van der Waals surface area contributed by atoms with Gasteiger partial charge < -0.3 is 14.2 Å². The molecule has 0 spiro atoms. The first-order chi connectivity index (χ1) is 14.0. The van der Waals surface area contributed by atoms with Gasteiger partial charge in [-0.05, 0) is 37.3 Å². The Kier molecular flexibility index (Phi) is 4.94. The van der Waals surface area contributed by atoms with Crippen molar-refractivity contribution in [1.82, 2.24) is 15.1 Å². The predicted octanol–water partition coefficient (Wildman–Crippen LogP) is 2.92. The molecule has 29 heavy (non-hydrogen) atoms. The number of piperazine rings is 1. The number of nitro groups is 1. The standard InChI is InChI=1S/C20H19N5O4/c1-14-15(4-2-5-17(14)25(27)28)20(26)24-11-9-23(10-12-24)19-8-7-16(21-22-19)18-6-3-13-29-18/h2-8,13H,9-12H2,1H3. The number of furan rings is 1. The number of amides is 1. The van der Waals surface area contributed by atoms with Gasteiger partial charge in [0.15, 0.2) is 11.6 Å². The quantitative estimate of drug-likeness (QED) is 0.496. The molecule has 1 fully saturated rings. The Bertz CT molecular complexity index is 1030. The number of aromatic nitrogens is 2. The SMILES string of the molecule is Cc1c(C(=O)N2CCN(c3ccc(-c4ccco4)nn3)CC2)cccc1[N+](=O)[O-]. The number of hydrogen-bond donors (Lipinski definition) is 0. The maximum absolute atomic E-state index is 12.9. The van der Waals surface area contributed by atoms with Crippen LogP contribution in [0, 0.1) is 17.0 Å². The van der Waals surface area contributed by atoms with Gasteiger partial charge in [-0.15, -0.1) is 10.2 Å². The molecule has 0 unspecified atom stereocenters. The zero-order valence-electron chi connectivity index (χ0n) is 15.8. The van der Waals surface area contributed by atoms with Gasteiger partial charge in [0.2, 0.25) is 0 Å². The van der Waals surface area contributed by atoms with Crippen LogP contribution < -0.4 is 4.90 Å². The molecule has 3 aromatic rings. The van der Waals surface area contributed by atoms with E-state index in [9.17, 15) is 14.9 Å². The Morgan fingerprint density at radius 2 is 1.86 bits per heavy atom. The van der Waals surface area contributed by atoms with Crippen LogP contribution in [0.15, 0.2) is 53.1 Å². The molecule has 0 bridgehead atoms. The summed E-state index contributed by atoms with van der Waals surface area (Å²) in [6, 6.07) is 11.9. The van der Waals surface area contributed by atoms with Gasteiger partial charge in [0.1, 0.15) is 5.69 Å². The highest BCUT2D eigenvalue weighted by Crippen LogP contribution is 2.24. The summed E-state index contributed by atoms with van der Waals surface area (Å²) in [5, 5.41) is 19.6. The van der Waals surface area contributed by atoms with Gasteiger partial charge in [0, 0.05) is 43.4 Å². The predicted molar refractivity (Wildman–Crippen MR) is 106 cm³/mol. The maximum atomic E-state index is 12.9. The van der Waals surface area contributed by atoms with Crippen molar-refractivity contribution in [3.63, 3.8) is 0 Å². The summed E-state index contributed by atoms with van der Waals surface area (Å²) in [6.45, 7) is 3.83. The third-order valence-electron chi connectivity index (χ3n) is 5.05. The number of anilines is 1. The minimum absolute atomic E-state index is 0.0404. The summed E-state index contributed by atoms with van der Waals surface area (Å²) in [6.07, 6.45) is 1.59. The van der Waals surface area contributed by atoms with Crippen LogP contribution in [0.25, 0.3) is 11.5 Å². The fourth-order valence-electron chi connectivity index (χ4n) is 3.41. The van der Waals surface area contributed by atoms with Gasteiger partial charge in [0.05, 0.1) is 11.2 Å². The molecule has 1 aromatic carbocycles. The molecule has 9 nitrogen and oxygen atoms in total. The number of carbonyl (C=O) groups is 1. The lowest BCUT2D eigenvalue weighted by Gasteiger charge is -2.35. The van der Waals surface area contributed by atoms with E-state index in [1.165, 1.54) is 6.07 Å². The number of rotatable bonds is 4. The van der Waals surface area contributed by atoms with Crippen molar-refractivity contribution < 1.29 is 14.1 Å². The molecule has 4 rings (SSSR count). The van der Waals surface area contributed by atoms with Crippen molar-refractivity contribution in [3.8, 4) is 11.5 Å². The molecule has 9 heteroatoms. The van der Waals surface area contributed by atoms with Crippen molar-refractivity contribution in [2.45, 2.75) is 6.92 Å². The van der Waals surface area contributed by atoms with Crippen LogP contribution in [-0.4, -0.2) is 52.1 Å². The second-order valence-electron chi connectivity index (χ2n) is 6.74. The largest absolute Gasteiger partial charge is 0.463 e. The summed E-state index contributed by atoms with van der Waals surface area (Å²) >= 11 is 0. The summed E-state index contributed by atoms with van der Waals surface area (Å²) in [7, 11) is 0. The van der Waals surface area contributed by atoms with Crippen molar-refractivity contribution in [1.29, 1.82) is 0 Å². The molecule has 0 radical (unpaired) electrons. The molecule has 3 heterocycles. The van der Waals surface area contributed by atoms with E-state index in [0.717, 1.165) is 5.82 Å². The zero-order chi connectivity index (χ0) is 20.4. The van der Waals surface area contributed by atoms with Gasteiger partial charge >= 0.3 is 0 Å². The van der Waals surface area contributed by atoms with E-state index in [2.05, 4.69) is 15.1 Å². The number of hydrogen-bond acceptors (Lipinski definition) is 7. The highest BCUT2D eigenvalue weighted by atomic mass is 16.6. The first-order valence-electron chi connectivity index (χ1n) is 9.20. The first-order valence-corrected chi connectivity index (χ1v) is 9.20. The molecule has 1 amide bonds. The lowest BCUT2D eigenvalue weighted by Crippen LogP contribution is -2.49. The van der Waals surface area contributed by atoms with Gasteiger partial charge in [-0.1, -0.05) is 6.07 Å². The monoisotopic (exact) mass is 393 g/mol. The van der Waals surface area contributed by atoms with E-state index in [4.69, 9.17) is 4.42 Å². The first kappa shape index (κ1) is 18.6. The van der Waals surface area contributed by atoms with E-state index in [1.54, 1.807) is 36.3 Å². The number of nitro benzene ring substituents is 1. The molecule has 0 N–H and O–H groups in total. The van der Waals surface area contributed by atoms with E-state index < -0.39 is 4.92 Å². The van der Waals surface area contributed by atoms with Crippen LogP contribution in [0.5, 0.6) is 0 Å². The Morgan fingerprint density at radius 1 is 1.07 bits per heavy atom. The fraction of sp³-hybridized carbons (Fsp3) is 0.250. The molecule has 2 aromatic heterocycles. The second kappa shape index (κ2) is 7.70. The molecule has 1 aliphatic heterocycles. The molecular formula is C20H19N5O4. The van der Waals surface area contributed by atoms with E-state index in [1.807, 2.05) is 18.2 Å². The molecule has 148 valence electrons. The van der Waals surface area contributed by atoms with Crippen molar-refractivity contribution >= 4 is 17.4 Å². The molecular weight excluding hydrogens is 374 g/mol. The number of benzene rings is 1. The van der Waals surface area contributed by atoms with Crippen LogP contribution in [0.4, 0.5) is 11.5 Å². The molecule has 0 atom stereocenters. The average Bonchev–Trinajstić information content (AvgIpc) is 3.28. The number of carbonyl (C=O) groups excluding carboxylic acids is 1. The highest BCUT2D eigenvalue weighted by Gasteiger charge is 2.26. The smallest absolute Gasteiger partial charge is 0.273 e. The molecule has 1 aliphatic rings. The lowest BCUT2D eigenvalue weighted by atomic mass is 10.1. The molecule has 1 saturated heterocycles. The van der Waals surface area contributed by atoms with E-state index in [-0.39, 0.29) is 11.6 Å². The molecule has 0 aliphatic carbocycles. The van der Waals surface area contributed by atoms with Crippen LogP contribution in [0.2, 0.25) is 0 Å². The average molecular weight is 393 g/mol. The van der Waals surface area contributed by atoms with Crippen LogP contribution in [0.1, 0.15) is 15.9 Å². The Balaban J connectivity index is 1.42. The molecule has 0 saturated carbocycles. The third kappa shape index (κ3) is 3.66. The second-order valence-corrected chi connectivity index (χ2v) is 6.74. The number of nitrogens with zero attached hydrogens (tertiary/aromatic N) is 5. The van der Waals surface area contributed by atoms with E-state index in [0.29, 0.717) is 48.8 Å².